The number of carbonyl (C=O) groups is 1. The second-order valence-electron chi connectivity index (χ2n) is 8.88. The summed E-state index contributed by atoms with van der Waals surface area (Å²) >= 11 is 0. The van der Waals surface area contributed by atoms with E-state index >= 15 is 0 Å². The van der Waals surface area contributed by atoms with Crippen LogP contribution in [0.2, 0.25) is 0 Å². The number of hydrogen-bond donors (Lipinski definition) is 1. The first-order valence-corrected chi connectivity index (χ1v) is 11.4. The van der Waals surface area contributed by atoms with E-state index in [-0.39, 0.29) is 16.2 Å². The van der Waals surface area contributed by atoms with Gasteiger partial charge in [-0.3, -0.25) is 4.79 Å². The van der Waals surface area contributed by atoms with Crippen molar-refractivity contribution in [2.45, 2.75) is 76.7 Å². The summed E-state index contributed by atoms with van der Waals surface area (Å²) in [5.41, 5.74) is 1.05. The molecule has 0 saturated carbocycles. The third-order valence-electron chi connectivity index (χ3n) is 5.10. The van der Waals surface area contributed by atoms with Crippen LogP contribution < -0.4 is 5.32 Å². The molecule has 1 amide bonds. The van der Waals surface area contributed by atoms with Gasteiger partial charge in [0.15, 0.2) is 0 Å². The topological polar surface area (TPSA) is 66.5 Å². The molecule has 152 valence electrons. The normalized spacial score (nSPS) is 19.3. The van der Waals surface area contributed by atoms with E-state index in [0.717, 1.165) is 24.8 Å². The van der Waals surface area contributed by atoms with E-state index in [0.29, 0.717) is 25.4 Å². The minimum atomic E-state index is -3.69. The average Bonchev–Trinajstić information content (AvgIpc) is 2.60. The maximum absolute atomic E-state index is 13.2. The average molecular weight is 395 g/mol. The summed E-state index contributed by atoms with van der Waals surface area (Å²) in [6, 6.07) is 6.46. The van der Waals surface area contributed by atoms with Crippen molar-refractivity contribution in [1.29, 1.82) is 0 Å². The van der Waals surface area contributed by atoms with Crippen LogP contribution in [0.3, 0.4) is 0 Å². The van der Waals surface area contributed by atoms with Gasteiger partial charge < -0.3 is 5.32 Å². The summed E-state index contributed by atoms with van der Waals surface area (Å²) in [5.74, 6) is 0.322. The summed E-state index contributed by atoms with van der Waals surface area (Å²) < 4.78 is 27.8. The van der Waals surface area contributed by atoms with E-state index in [4.69, 9.17) is 0 Å². The maximum atomic E-state index is 13.2. The molecule has 0 unspecified atom stereocenters. The van der Waals surface area contributed by atoms with E-state index in [9.17, 15) is 13.2 Å². The first kappa shape index (κ1) is 21.9. The summed E-state index contributed by atoms with van der Waals surface area (Å²) in [4.78, 5) is 12.9. The predicted octanol–water partition coefficient (Wildman–Crippen LogP) is 3.69. The van der Waals surface area contributed by atoms with E-state index in [2.05, 4.69) is 39.9 Å². The van der Waals surface area contributed by atoms with Crippen LogP contribution >= 0.6 is 0 Å². The number of nitrogens with one attached hydrogen (secondary N) is 1. The second kappa shape index (κ2) is 8.74. The van der Waals surface area contributed by atoms with E-state index in [1.165, 1.54) is 4.31 Å². The molecule has 1 saturated heterocycles. The molecule has 1 aromatic carbocycles. The Morgan fingerprint density at radius 2 is 1.81 bits per heavy atom. The highest BCUT2D eigenvalue weighted by atomic mass is 32.2. The van der Waals surface area contributed by atoms with Crippen LogP contribution in [0.25, 0.3) is 0 Å². The van der Waals surface area contributed by atoms with Crippen LogP contribution in [0.15, 0.2) is 29.2 Å². The van der Waals surface area contributed by atoms with Gasteiger partial charge in [0.2, 0.25) is 15.9 Å². The van der Waals surface area contributed by atoms with Gasteiger partial charge in [-0.1, -0.05) is 53.2 Å². The number of benzene rings is 1. The summed E-state index contributed by atoms with van der Waals surface area (Å²) in [7, 11) is -3.69. The molecule has 1 aliphatic rings. The number of nitrogens with zero attached hydrogens (tertiary/aromatic N) is 1. The first-order valence-electron chi connectivity index (χ1n) is 9.93. The Morgan fingerprint density at radius 3 is 2.37 bits per heavy atom. The number of rotatable bonds is 6. The van der Waals surface area contributed by atoms with Gasteiger partial charge in [-0.15, -0.1) is 0 Å². The third-order valence-corrected chi connectivity index (χ3v) is 7.03. The van der Waals surface area contributed by atoms with Crippen LogP contribution in [-0.4, -0.2) is 37.8 Å². The fraction of sp³-hybridized carbons (Fsp3) is 0.667. The molecule has 1 atom stereocenters. The second-order valence-corrected chi connectivity index (χ2v) is 10.8. The summed E-state index contributed by atoms with van der Waals surface area (Å²) in [5, 5.41) is 2.92. The Labute approximate surface area is 164 Å². The van der Waals surface area contributed by atoms with Crippen molar-refractivity contribution in [3.05, 3.63) is 29.8 Å². The Hall–Kier alpha value is -1.40. The largest absolute Gasteiger partial charge is 0.355 e. The molecule has 0 aromatic heterocycles. The van der Waals surface area contributed by atoms with E-state index < -0.39 is 16.1 Å². The van der Waals surface area contributed by atoms with Gasteiger partial charge in [-0.2, -0.15) is 4.31 Å². The van der Waals surface area contributed by atoms with Crippen molar-refractivity contribution in [2.75, 3.05) is 13.1 Å². The zero-order valence-electron chi connectivity index (χ0n) is 17.3. The molecular weight excluding hydrogens is 360 g/mol. The lowest BCUT2D eigenvalue weighted by Crippen LogP contribution is -2.52. The molecular formula is C21H34N2O3S. The molecule has 1 aliphatic heterocycles. The summed E-state index contributed by atoms with van der Waals surface area (Å²) in [6.07, 6.45) is 3.12. The van der Waals surface area contributed by atoms with Gasteiger partial charge >= 0.3 is 0 Å². The molecule has 0 aliphatic carbocycles. The molecule has 0 bridgehead atoms. The Bertz CT molecular complexity index is 734. The van der Waals surface area contributed by atoms with Crippen molar-refractivity contribution in [2.24, 2.45) is 5.92 Å². The van der Waals surface area contributed by atoms with E-state index in [1.54, 1.807) is 12.1 Å². The molecule has 0 spiro atoms. The van der Waals surface area contributed by atoms with Crippen LogP contribution in [0.4, 0.5) is 0 Å². The standard InChI is InChI=1S/C21H34N2O3S/c1-16(2)13-14-22-20(24)19-8-6-7-15-23(19)27(25,26)18-11-9-17(10-12-18)21(3,4)5/h9-12,16,19H,6-8,13-15H2,1-5H3,(H,22,24)/t19-/m0/s1. The van der Waals surface area contributed by atoms with Gasteiger partial charge in [-0.25, -0.2) is 8.42 Å². The molecule has 1 fully saturated rings. The highest BCUT2D eigenvalue weighted by molar-refractivity contribution is 7.89. The molecule has 1 N–H and O–H groups in total. The first-order chi connectivity index (χ1) is 12.5. The minimum absolute atomic E-state index is 0.0355. The molecule has 27 heavy (non-hydrogen) atoms. The zero-order valence-corrected chi connectivity index (χ0v) is 18.1. The van der Waals surface area contributed by atoms with Gasteiger partial charge in [0.1, 0.15) is 6.04 Å². The lowest BCUT2D eigenvalue weighted by molar-refractivity contribution is -0.125. The SMILES string of the molecule is CC(C)CCNC(=O)[C@@H]1CCCCN1S(=O)(=O)c1ccc(C(C)(C)C)cc1. The van der Waals surface area contributed by atoms with Gasteiger partial charge in [0, 0.05) is 13.1 Å². The Balaban J connectivity index is 2.19. The molecule has 2 rings (SSSR count). The highest BCUT2D eigenvalue weighted by Crippen LogP contribution is 2.28. The Morgan fingerprint density at radius 1 is 1.19 bits per heavy atom. The number of carbonyl (C=O) groups excluding carboxylic acids is 1. The fourth-order valence-electron chi connectivity index (χ4n) is 3.32. The minimum Gasteiger partial charge on any atom is -0.355 e. The van der Waals surface area contributed by atoms with Crippen molar-refractivity contribution >= 4 is 15.9 Å². The quantitative estimate of drug-likeness (QED) is 0.800. The number of piperidine rings is 1. The molecule has 6 heteroatoms. The van der Waals surface area contributed by atoms with Gasteiger partial charge in [0.25, 0.3) is 0 Å². The van der Waals surface area contributed by atoms with Gasteiger partial charge in [-0.05, 0) is 48.3 Å². The van der Waals surface area contributed by atoms with Crippen LogP contribution in [0.1, 0.15) is 65.9 Å². The van der Waals surface area contributed by atoms with Gasteiger partial charge in [0.05, 0.1) is 4.90 Å². The number of hydrogen-bond acceptors (Lipinski definition) is 3. The van der Waals surface area contributed by atoms with Crippen LogP contribution in [-0.2, 0) is 20.2 Å². The van der Waals surface area contributed by atoms with Crippen molar-refractivity contribution in [3.63, 3.8) is 0 Å². The van der Waals surface area contributed by atoms with Crippen LogP contribution in [0.5, 0.6) is 0 Å². The number of sulfonamides is 1. The molecule has 1 aromatic rings. The third kappa shape index (κ3) is 5.55. The maximum Gasteiger partial charge on any atom is 0.243 e. The smallest absolute Gasteiger partial charge is 0.243 e. The molecule has 0 radical (unpaired) electrons. The van der Waals surface area contributed by atoms with Crippen molar-refractivity contribution in [1.82, 2.24) is 9.62 Å². The molecule has 1 heterocycles. The monoisotopic (exact) mass is 394 g/mol. The van der Waals surface area contributed by atoms with Crippen LogP contribution in [0, 0.1) is 5.92 Å². The Kier molecular flexibility index (Phi) is 7.09. The summed E-state index contributed by atoms with van der Waals surface area (Å²) in [6.45, 7) is 11.5. The zero-order chi connectivity index (χ0) is 20.2. The van der Waals surface area contributed by atoms with E-state index in [1.807, 2.05) is 12.1 Å². The lowest BCUT2D eigenvalue weighted by Gasteiger charge is -2.33. The lowest BCUT2D eigenvalue weighted by atomic mass is 9.87. The van der Waals surface area contributed by atoms with Crippen molar-refractivity contribution < 1.29 is 13.2 Å². The highest BCUT2D eigenvalue weighted by Gasteiger charge is 2.37. The fourth-order valence-corrected chi connectivity index (χ4v) is 4.98. The number of amides is 1. The predicted molar refractivity (Wildman–Crippen MR) is 109 cm³/mol. The van der Waals surface area contributed by atoms with Crippen molar-refractivity contribution in [3.8, 4) is 0 Å². The molecule has 5 nitrogen and oxygen atoms in total.